The van der Waals surface area contributed by atoms with Crippen molar-refractivity contribution in [2.75, 3.05) is 29.9 Å². The van der Waals surface area contributed by atoms with Crippen molar-refractivity contribution >= 4 is 11.8 Å². The number of hydrogen-bond donors (Lipinski definition) is 1. The van der Waals surface area contributed by atoms with Gasteiger partial charge in [-0.3, -0.25) is 0 Å². The summed E-state index contributed by atoms with van der Waals surface area (Å²) < 4.78 is 0. The highest BCUT2D eigenvalue weighted by Crippen LogP contribution is 2.17. The van der Waals surface area contributed by atoms with Gasteiger partial charge in [-0.2, -0.15) is 4.98 Å². The van der Waals surface area contributed by atoms with Crippen molar-refractivity contribution in [2.24, 2.45) is 5.92 Å². The Morgan fingerprint density at radius 3 is 2.50 bits per heavy atom. The van der Waals surface area contributed by atoms with Crippen molar-refractivity contribution in [3.63, 3.8) is 0 Å². The summed E-state index contributed by atoms with van der Waals surface area (Å²) in [6.07, 6.45) is 4.27. The molecule has 102 valence electrons. The summed E-state index contributed by atoms with van der Waals surface area (Å²) in [4.78, 5) is 11.1. The van der Waals surface area contributed by atoms with Gasteiger partial charge in [0.2, 0.25) is 5.95 Å². The molecule has 0 bridgehead atoms. The van der Waals surface area contributed by atoms with Crippen LogP contribution in [0.5, 0.6) is 0 Å². The first-order chi connectivity index (χ1) is 8.74. The average Bonchev–Trinajstić information content (AvgIpc) is 2.41. The summed E-state index contributed by atoms with van der Waals surface area (Å²) in [5.74, 6) is 2.48. The fourth-order valence-electron chi connectivity index (χ4n) is 2.01. The van der Waals surface area contributed by atoms with Gasteiger partial charge in [0.25, 0.3) is 0 Å². The molecule has 4 nitrogen and oxygen atoms in total. The lowest BCUT2D eigenvalue weighted by Crippen LogP contribution is -2.30. The number of rotatable bonds is 8. The molecular weight excluding hydrogens is 224 g/mol. The minimum Gasteiger partial charge on any atom is -0.356 e. The van der Waals surface area contributed by atoms with Gasteiger partial charge in [-0.25, -0.2) is 4.98 Å². The predicted octanol–water partition coefficient (Wildman–Crippen LogP) is 3.17. The van der Waals surface area contributed by atoms with Crippen LogP contribution in [0.1, 0.15) is 40.5 Å². The van der Waals surface area contributed by atoms with E-state index in [-0.39, 0.29) is 0 Å². The standard InChI is InChI=1S/C14H26N4/c1-5-12(6-2)11-18(8-4)13-9-10-16-14(17-13)15-7-3/h9-10,12H,5-8,11H2,1-4H3,(H,15,16,17). The summed E-state index contributed by atoms with van der Waals surface area (Å²) >= 11 is 0. The Bertz CT molecular complexity index is 336. The minimum absolute atomic E-state index is 0.720. The fourth-order valence-corrected chi connectivity index (χ4v) is 2.01. The van der Waals surface area contributed by atoms with Crippen LogP contribution in [-0.2, 0) is 0 Å². The highest BCUT2D eigenvalue weighted by molar-refractivity contribution is 5.42. The first-order valence-electron chi connectivity index (χ1n) is 7.06. The second-order valence-corrected chi connectivity index (χ2v) is 4.49. The van der Waals surface area contributed by atoms with Crippen molar-refractivity contribution in [3.05, 3.63) is 12.3 Å². The number of aromatic nitrogens is 2. The largest absolute Gasteiger partial charge is 0.356 e. The molecule has 1 aromatic heterocycles. The first kappa shape index (κ1) is 14.7. The molecule has 0 saturated heterocycles. The van der Waals surface area contributed by atoms with Crippen LogP contribution in [0, 0.1) is 5.92 Å². The van der Waals surface area contributed by atoms with Gasteiger partial charge < -0.3 is 10.2 Å². The molecule has 1 heterocycles. The Morgan fingerprint density at radius 1 is 1.22 bits per heavy atom. The second-order valence-electron chi connectivity index (χ2n) is 4.49. The molecule has 0 aliphatic heterocycles. The number of nitrogens with zero attached hydrogens (tertiary/aromatic N) is 3. The zero-order valence-corrected chi connectivity index (χ0v) is 12.1. The van der Waals surface area contributed by atoms with Gasteiger partial charge in [0.1, 0.15) is 5.82 Å². The second kappa shape index (κ2) is 7.90. The smallest absolute Gasteiger partial charge is 0.224 e. The molecule has 0 aliphatic rings. The fraction of sp³-hybridized carbons (Fsp3) is 0.714. The maximum Gasteiger partial charge on any atom is 0.224 e. The molecule has 0 fully saturated rings. The number of anilines is 2. The number of nitrogens with one attached hydrogen (secondary N) is 1. The number of hydrogen-bond acceptors (Lipinski definition) is 4. The Hall–Kier alpha value is -1.32. The molecule has 18 heavy (non-hydrogen) atoms. The van der Waals surface area contributed by atoms with Crippen LogP contribution < -0.4 is 10.2 Å². The van der Waals surface area contributed by atoms with Gasteiger partial charge in [0.15, 0.2) is 0 Å². The molecule has 0 atom stereocenters. The maximum absolute atomic E-state index is 4.56. The summed E-state index contributed by atoms with van der Waals surface area (Å²) in [6, 6.07) is 1.99. The molecule has 0 amide bonds. The molecule has 0 saturated carbocycles. The Kier molecular flexibility index (Phi) is 6.47. The molecule has 0 spiro atoms. The molecule has 4 heteroatoms. The third-order valence-electron chi connectivity index (χ3n) is 3.31. The van der Waals surface area contributed by atoms with Crippen molar-refractivity contribution in [1.29, 1.82) is 0 Å². The molecule has 0 unspecified atom stereocenters. The molecule has 1 rings (SSSR count). The van der Waals surface area contributed by atoms with E-state index in [9.17, 15) is 0 Å². The van der Waals surface area contributed by atoms with E-state index >= 15 is 0 Å². The van der Waals surface area contributed by atoms with E-state index in [4.69, 9.17) is 0 Å². The predicted molar refractivity (Wildman–Crippen MR) is 78.2 cm³/mol. The van der Waals surface area contributed by atoms with Gasteiger partial charge in [0.05, 0.1) is 0 Å². The zero-order chi connectivity index (χ0) is 13.4. The van der Waals surface area contributed by atoms with E-state index in [1.807, 2.05) is 12.3 Å². The van der Waals surface area contributed by atoms with Crippen LogP contribution in [0.2, 0.25) is 0 Å². The van der Waals surface area contributed by atoms with Crippen LogP contribution in [0.15, 0.2) is 12.3 Å². The minimum atomic E-state index is 0.720. The van der Waals surface area contributed by atoms with E-state index in [0.717, 1.165) is 37.3 Å². The van der Waals surface area contributed by atoms with Crippen molar-refractivity contribution in [1.82, 2.24) is 9.97 Å². The third kappa shape index (κ3) is 4.17. The maximum atomic E-state index is 4.56. The van der Waals surface area contributed by atoms with E-state index in [1.54, 1.807) is 0 Å². The molecule has 0 aliphatic carbocycles. The monoisotopic (exact) mass is 250 g/mol. The van der Waals surface area contributed by atoms with Crippen LogP contribution in [0.4, 0.5) is 11.8 Å². The highest BCUT2D eigenvalue weighted by Gasteiger charge is 2.12. The van der Waals surface area contributed by atoms with Gasteiger partial charge in [0, 0.05) is 25.8 Å². The quantitative estimate of drug-likeness (QED) is 0.769. The van der Waals surface area contributed by atoms with Crippen LogP contribution in [0.25, 0.3) is 0 Å². The SMILES string of the molecule is CCNc1nccc(N(CC)CC(CC)CC)n1. The summed E-state index contributed by atoms with van der Waals surface area (Å²) in [5.41, 5.74) is 0. The summed E-state index contributed by atoms with van der Waals surface area (Å²) in [7, 11) is 0. The van der Waals surface area contributed by atoms with Gasteiger partial charge in [-0.1, -0.05) is 26.7 Å². The van der Waals surface area contributed by atoms with Gasteiger partial charge in [-0.15, -0.1) is 0 Å². The van der Waals surface area contributed by atoms with E-state index in [2.05, 4.69) is 47.9 Å². The van der Waals surface area contributed by atoms with Crippen molar-refractivity contribution in [2.45, 2.75) is 40.5 Å². The van der Waals surface area contributed by atoms with Crippen molar-refractivity contribution in [3.8, 4) is 0 Å². The van der Waals surface area contributed by atoms with Crippen LogP contribution in [0.3, 0.4) is 0 Å². The topological polar surface area (TPSA) is 41.1 Å². The van der Waals surface area contributed by atoms with E-state index in [1.165, 1.54) is 12.8 Å². The molecule has 0 radical (unpaired) electrons. The lowest BCUT2D eigenvalue weighted by molar-refractivity contribution is 0.484. The zero-order valence-electron chi connectivity index (χ0n) is 12.1. The Balaban J connectivity index is 2.77. The highest BCUT2D eigenvalue weighted by atomic mass is 15.2. The lowest BCUT2D eigenvalue weighted by Gasteiger charge is -2.26. The van der Waals surface area contributed by atoms with Gasteiger partial charge >= 0.3 is 0 Å². The molecular formula is C14H26N4. The van der Waals surface area contributed by atoms with Crippen molar-refractivity contribution < 1.29 is 0 Å². The lowest BCUT2D eigenvalue weighted by atomic mass is 10.0. The third-order valence-corrected chi connectivity index (χ3v) is 3.31. The van der Waals surface area contributed by atoms with E-state index in [0.29, 0.717) is 0 Å². The molecule has 1 N–H and O–H groups in total. The van der Waals surface area contributed by atoms with Crippen LogP contribution >= 0.6 is 0 Å². The summed E-state index contributed by atoms with van der Waals surface area (Å²) in [5, 5.41) is 3.16. The van der Waals surface area contributed by atoms with Crippen LogP contribution in [-0.4, -0.2) is 29.6 Å². The Morgan fingerprint density at radius 2 is 1.94 bits per heavy atom. The molecule has 0 aromatic carbocycles. The molecule has 1 aromatic rings. The normalized spacial score (nSPS) is 10.7. The van der Waals surface area contributed by atoms with E-state index < -0.39 is 0 Å². The summed E-state index contributed by atoms with van der Waals surface area (Å²) in [6.45, 7) is 11.7. The average molecular weight is 250 g/mol. The Labute approximate surface area is 111 Å². The first-order valence-corrected chi connectivity index (χ1v) is 7.06. The van der Waals surface area contributed by atoms with Gasteiger partial charge in [-0.05, 0) is 25.8 Å².